The Kier molecular flexibility index (Phi) is 8.22. The molecule has 1 fully saturated rings. The van der Waals surface area contributed by atoms with E-state index < -0.39 is 12.4 Å². The predicted octanol–water partition coefficient (Wildman–Crippen LogP) is 7.76. The summed E-state index contributed by atoms with van der Waals surface area (Å²) >= 11 is 0. The van der Waals surface area contributed by atoms with Gasteiger partial charge in [-0.05, 0) is 102 Å². The van der Waals surface area contributed by atoms with E-state index in [9.17, 15) is 23.1 Å². The van der Waals surface area contributed by atoms with Crippen molar-refractivity contribution in [2.24, 2.45) is 5.92 Å². The average molecular weight is 534 g/mol. The maximum Gasteiger partial charge on any atom is 0.335 e. The van der Waals surface area contributed by atoms with Crippen LogP contribution in [0.25, 0.3) is 11.1 Å². The van der Waals surface area contributed by atoms with Crippen molar-refractivity contribution in [2.45, 2.75) is 45.5 Å². The number of carboxylic acids is 1. The highest BCUT2D eigenvalue weighted by Crippen LogP contribution is 2.41. The van der Waals surface area contributed by atoms with Crippen molar-refractivity contribution in [3.05, 3.63) is 105 Å². The van der Waals surface area contributed by atoms with Gasteiger partial charge in [0.15, 0.2) is 0 Å². The number of rotatable bonds is 9. The van der Waals surface area contributed by atoms with Crippen LogP contribution in [0.3, 0.4) is 0 Å². The molecule has 0 amide bonds. The van der Waals surface area contributed by atoms with Crippen LogP contribution in [0.5, 0.6) is 0 Å². The van der Waals surface area contributed by atoms with Crippen LogP contribution in [0.2, 0.25) is 0 Å². The number of benzene rings is 3. The first-order chi connectivity index (χ1) is 18.8. The van der Waals surface area contributed by atoms with Crippen LogP contribution in [0.1, 0.15) is 75.0 Å². The number of allylic oxidation sites excluding steroid dienone is 1. The van der Waals surface area contributed by atoms with E-state index in [0.29, 0.717) is 17.9 Å². The van der Waals surface area contributed by atoms with Crippen molar-refractivity contribution in [1.29, 1.82) is 0 Å². The highest BCUT2D eigenvalue weighted by atomic mass is 19.3. The summed E-state index contributed by atoms with van der Waals surface area (Å²) in [5.74, 6) is -0.371. The Morgan fingerprint density at radius 2 is 1.74 bits per heavy atom. The number of hydrogen-bond acceptors (Lipinski definition) is 2. The monoisotopic (exact) mass is 533 g/mol. The van der Waals surface area contributed by atoms with Crippen LogP contribution >= 0.6 is 0 Å². The zero-order chi connectivity index (χ0) is 27.5. The van der Waals surface area contributed by atoms with Gasteiger partial charge in [-0.2, -0.15) is 0 Å². The highest BCUT2D eigenvalue weighted by Gasteiger charge is 2.26. The molecule has 1 N–H and O–H groups in total. The Balaban J connectivity index is 1.51. The molecule has 204 valence electrons. The Morgan fingerprint density at radius 1 is 1.00 bits per heavy atom. The molecule has 0 radical (unpaired) electrons. The van der Waals surface area contributed by atoms with Crippen molar-refractivity contribution in [3.8, 4) is 0 Å². The molecular formula is C33H34F3NO2. The standard InChI is InChI=1S/C33H34F3NO2/c1-21-16-26(10-12-28(21)32(35)36)29-5-2-4-25-18-27(33(38)39)11-13-30(25)31(29)24-8-6-22(7-9-24)17-23-19-37(20-23)15-3-14-34/h6-13,16,18,23,32H,2-5,14-15,17,19-20H2,1H3,(H,38,39). The number of likely N-dealkylation sites (tertiary alicyclic amines) is 1. The maximum absolute atomic E-state index is 13.5. The lowest BCUT2D eigenvalue weighted by atomic mass is 9.85. The summed E-state index contributed by atoms with van der Waals surface area (Å²) in [6.07, 6.45) is 1.40. The minimum atomic E-state index is -2.52. The molecule has 1 aliphatic carbocycles. The zero-order valence-corrected chi connectivity index (χ0v) is 22.2. The molecule has 39 heavy (non-hydrogen) atoms. The Bertz CT molecular complexity index is 1370. The molecule has 1 heterocycles. The van der Waals surface area contributed by atoms with Gasteiger partial charge in [0.2, 0.25) is 0 Å². The van der Waals surface area contributed by atoms with Gasteiger partial charge >= 0.3 is 5.97 Å². The summed E-state index contributed by atoms with van der Waals surface area (Å²) in [5, 5.41) is 9.56. The van der Waals surface area contributed by atoms with Gasteiger partial charge in [-0.15, -0.1) is 0 Å². The van der Waals surface area contributed by atoms with Crippen molar-refractivity contribution < 1.29 is 23.1 Å². The molecule has 3 aromatic rings. The van der Waals surface area contributed by atoms with Gasteiger partial charge in [0, 0.05) is 25.2 Å². The minimum Gasteiger partial charge on any atom is -0.478 e. The summed E-state index contributed by atoms with van der Waals surface area (Å²) in [6, 6.07) is 19.1. The number of aromatic carboxylic acids is 1. The first-order valence-corrected chi connectivity index (χ1v) is 13.7. The lowest BCUT2D eigenvalue weighted by Gasteiger charge is -2.39. The molecular weight excluding hydrogens is 499 g/mol. The Hall–Kier alpha value is -3.38. The number of alkyl halides is 3. The van der Waals surface area contributed by atoms with E-state index in [1.54, 1.807) is 25.1 Å². The second-order valence-corrected chi connectivity index (χ2v) is 10.8. The third kappa shape index (κ3) is 5.96. The maximum atomic E-state index is 13.5. The fourth-order valence-electron chi connectivity index (χ4n) is 6.06. The van der Waals surface area contributed by atoms with Crippen LogP contribution in [-0.4, -0.2) is 42.3 Å². The smallest absolute Gasteiger partial charge is 0.335 e. The molecule has 0 unspecified atom stereocenters. The third-order valence-corrected chi connectivity index (χ3v) is 8.06. The highest BCUT2D eigenvalue weighted by molar-refractivity contribution is 6.00. The van der Waals surface area contributed by atoms with Crippen LogP contribution in [-0.2, 0) is 12.8 Å². The normalized spacial score (nSPS) is 16.2. The van der Waals surface area contributed by atoms with Crippen molar-refractivity contribution in [3.63, 3.8) is 0 Å². The number of fused-ring (bicyclic) bond motifs is 1. The average Bonchev–Trinajstić information content (AvgIpc) is 3.09. The molecule has 6 heteroatoms. The van der Waals surface area contributed by atoms with Gasteiger partial charge in [0.25, 0.3) is 6.43 Å². The first-order valence-electron chi connectivity index (χ1n) is 13.7. The van der Waals surface area contributed by atoms with E-state index in [4.69, 9.17) is 0 Å². The number of carbonyl (C=O) groups is 1. The number of nitrogens with zero attached hydrogens (tertiary/aromatic N) is 1. The zero-order valence-electron chi connectivity index (χ0n) is 22.2. The molecule has 3 aromatic carbocycles. The minimum absolute atomic E-state index is 0.0460. The van der Waals surface area contributed by atoms with Crippen LogP contribution < -0.4 is 0 Å². The number of carboxylic acid groups (broad SMARTS) is 1. The fraction of sp³-hybridized carbons (Fsp3) is 0.364. The van der Waals surface area contributed by atoms with Gasteiger partial charge in [0.1, 0.15) is 0 Å². The van der Waals surface area contributed by atoms with Crippen molar-refractivity contribution in [2.75, 3.05) is 26.3 Å². The van der Waals surface area contributed by atoms with E-state index in [1.165, 1.54) is 11.6 Å². The van der Waals surface area contributed by atoms with Gasteiger partial charge in [-0.25, -0.2) is 13.6 Å². The molecule has 0 aromatic heterocycles. The number of aryl methyl sites for hydroxylation is 2. The number of hydrogen-bond donors (Lipinski definition) is 1. The SMILES string of the molecule is Cc1cc(C2=C(c3ccc(CC4CN(CCCF)C4)cc3)c3ccc(C(=O)O)cc3CCC2)ccc1C(F)F. The van der Waals surface area contributed by atoms with Gasteiger partial charge in [-0.3, -0.25) is 4.39 Å². The summed E-state index contributed by atoms with van der Waals surface area (Å²) in [6.45, 7) is 4.29. The molecule has 2 aliphatic rings. The van der Waals surface area contributed by atoms with Gasteiger partial charge in [-0.1, -0.05) is 48.5 Å². The summed E-state index contributed by atoms with van der Waals surface area (Å²) in [5.41, 5.74) is 8.22. The molecule has 0 saturated carbocycles. The van der Waals surface area contributed by atoms with Gasteiger partial charge in [0.05, 0.1) is 12.2 Å². The van der Waals surface area contributed by atoms with Crippen molar-refractivity contribution in [1.82, 2.24) is 4.90 Å². The topological polar surface area (TPSA) is 40.5 Å². The van der Waals surface area contributed by atoms with Crippen LogP contribution in [0, 0.1) is 12.8 Å². The molecule has 5 rings (SSSR count). The lowest BCUT2D eigenvalue weighted by molar-refractivity contribution is 0.0696. The fourth-order valence-corrected chi connectivity index (χ4v) is 6.06. The van der Waals surface area contributed by atoms with Gasteiger partial charge < -0.3 is 10.0 Å². The summed E-state index contributed by atoms with van der Waals surface area (Å²) < 4.78 is 39.4. The first kappa shape index (κ1) is 27.2. The second kappa shape index (κ2) is 11.8. The number of halogens is 3. The molecule has 1 saturated heterocycles. The van der Waals surface area contributed by atoms with Crippen LogP contribution in [0.15, 0.2) is 60.7 Å². The summed E-state index contributed by atoms with van der Waals surface area (Å²) in [4.78, 5) is 14.0. The lowest BCUT2D eigenvalue weighted by Crippen LogP contribution is -2.47. The van der Waals surface area contributed by atoms with E-state index in [-0.39, 0.29) is 17.8 Å². The van der Waals surface area contributed by atoms with E-state index in [0.717, 1.165) is 78.7 Å². The third-order valence-electron chi connectivity index (χ3n) is 8.06. The molecule has 3 nitrogen and oxygen atoms in total. The van der Waals surface area contributed by atoms with E-state index in [2.05, 4.69) is 29.2 Å². The molecule has 0 atom stereocenters. The van der Waals surface area contributed by atoms with E-state index in [1.807, 2.05) is 12.1 Å². The predicted molar refractivity (Wildman–Crippen MR) is 149 cm³/mol. The molecule has 0 bridgehead atoms. The summed E-state index contributed by atoms with van der Waals surface area (Å²) in [7, 11) is 0. The molecule has 1 aliphatic heterocycles. The van der Waals surface area contributed by atoms with E-state index >= 15 is 0 Å². The van der Waals surface area contributed by atoms with Crippen molar-refractivity contribution >= 4 is 17.1 Å². The largest absolute Gasteiger partial charge is 0.478 e. The quantitative estimate of drug-likeness (QED) is 0.306. The van der Waals surface area contributed by atoms with Crippen LogP contribution in [0.4, 0.5) is 13.2 Å². The Morgan fingerprint density at radius 3 is 2.41 bits per heavy atom. The molecule has 0 spiro atoms. The second-order valence-electron chi connectivity index (χ2n) is 10.8. The Labute approximate surface area is 228 Å².